The van der Waals surface area contributed by atoms with Crippen molar-refractivity contribution in [3.63, 3.8) is 0 Å². The summed E-state index contributed by atoms with van der Waals surface area (Å²) in [5, 5.41) is 11.5. The minimum Gasteiger partial charge on any atom is -0.493 e. The first-order valence-electron chi connectivity index (χ1n) is 14.6. The van der Waals surface area contributed by atoms with Crippen LogP contribution in [0.15, 0.2) is 119 Å². The van der Waals surface area contributed by atoms with Crippen LogP contribution < -0.4 is 9.47 Å². The lowest BCUT2D eigenvalue weighted by molar-refractivity contribution is -0.136. The summed E-state index contributed by atoms with van der Waals surface area (Å²) in [6.45, 7) is 3.60. The topological polar surface area (TPSA) is 102 Å². The van der Waals surface area contributed by atoms with Gasteiger partial charge in [0, 0.05) is 31.4 Å². The van der Waals surface area contributed by atoms with E-state index < -0.39 is 12.5 Å². The maximum Gasteiger partial charge on any atom is 0.243 e. The molecule has 0 unspecified atom stereocenters. The summed E-state index contributed by atoms with van der Waals surface area (Å²) in [4.78, 5) is 24.9. The molecular weight excluding hydrogens is 572 g/mol. The highest BCUT2D eigenvalue weighted by Crippen LogP contribution is 2.37. The molecule has 4 aromatic carbocycles. The quantitative estimate of drug-likeness (QED) is 0.206. The smallest absolute Gasteiger partial charge is 0.243 e. The molecule has 0 fully saturated rings. The van der Waals surface area contributed by atoms with E-state index in [9.17, 15) is 9.59 Å². The molecular formula is C35H32N4O6. The average molecular weight is 605 g/mol. The highest BCUT2D eigenvalue weighted by Gasteiger charge is 2.36. The third kappa shape index (κ3) is 6.50. The summed E-state index contributed by atoms with van der Waals surface area (Å²) in [7, 11) is 0. The van der Waals surface area contributed by atoms with Gasteiger partial charge in [-0.1, -0.05) is 60.7 Å². The second-order valence-corrected chi connectivity index (χ2v) is 10.3. The zero-order valence-electron chi connectivity index (χ0n) is 24.9. The number of amides is 2. The van der Waals surface area contributed by atoms with Crippen molar-refractivity contribution in [3.05, 3.63) is 131 Å². The highest BCUT2D eigenvalue weighted by atomic mass is 16.5. The van der Waals surface area contributed by atoms with Crippen LogP contribution in [0.1, 0.15) is 55.0 Å². The van der Waals surface area contributed by atoms with Gasteiger partial charge in [-0.15, -0.1) is 10.2 Å². The van der Waals surface area contributed by atoms with Crippen molar-refractivity contribution in [1.29, 1.82) is 0 Å². The fourth-order valence-corrected chi connectivity index (χ4v) is 4.99. The maximum absolute atomic E-state index is 12.5. The van der Waals surface area contributed by atoms with E-state index in [2.05, 4.69) is 10.2 Å². The van der Waals surface area contributed by atoms with Crippen LogP contribution in [0.2, 0.25) is 0 Å². The molecule has 0 radical (unpaired) electrons. The van der Waals surface area contributed by atoms with Crippen molar-refractivity contribution in [1.82, 2.24) is 10.0 Å². The standard InChI is InChI=1S/C35H32N4O6/c1-24(40)38-34(44-32(36-38)26-14-5-3-6-15-26)28-18-9-11-20-30(28)42-22-13-23-43-31-21-12-10-19-29(31)35-39(25(2)41)37-33(45-35)27-16-7-4-8-17-27/h3-12,14-21,34-35H,13,22-23H2,1-2H3/t34-,35+. The van der Waals surface area contributed by atoms with Gasteiger partial charge in [-0.05, 0) is 48.5 Å². The lowest BCUT2D eigenvalue weighted by atomic mass is 10.1. The van der Waals surface area contributed by atoms with E-state index in [-0.39, 0.29) is 11.8 Å². The third-order valence-electron chi connectivity index (χ3n) is 7.15. The first-order valence-corrected chi connectivity index (χ1v) is 14.6. The Morgan fingerprint density at radius 2 is 0.978 bits per heavy atom. The number of hydrazone groups is 2. The Kier molecular flexibility index (Phi) is 8.72. The molecule has 0 saturated carbocycles. The van der Waals surface area contributed by atoms with Crippen LogP contribution in [0.25, 0.3) is 0 Å². The molecule has 0 spiro atoms. The summed E-state index contributed by atoms with van der Waals surface area (Å²) in [6, 6.07) is 33.8. The van der Waals surface area contributed by atoms with E-state index in [0.717, 1.165) is 11.1 Å². The van der Waals surface area contributed by atoms with Crippen molar-refractivity contribution in [2.45, 2.75) is 32.7 Å². The molecule has 10 nitrogen and oxygen atoms in total. The molecule has 10 heteroatoms. The number of hydrogen-bond donors (Lipinski definition) is 0. The molecule has 0 saturated heterocycles. The molecule has 0 bridgehead atoms. The molecule has 2 atom stereocenters. The third-order valence-corrected chi connectivity index (χ3v) is 7.15. The van der Waals surface area contributed by atoms with Crippen LogP contribution in [0.4, 0.5) is 0 Å². The lowest BCUT2D eigenvalue weighted by Gasteiger charge is -2.22. The highest BCUT2D eigenvalue weighted by molar-refractivity contribution is 5.97. The van der Waals surface area contributed by atoms with Gasteiger partial charge in [-0.3, -0.25) is 9.59 Å². The SMILES string of the molecule is CC(=O)N1N=C(c2ccccc2)O[C@@H]1c1ccccc1OCCCOc1ccccc1[C@@H]1OC(c2ccccc2)=NN1C(C)=O. The van der Waals surface area contributed by atoms with Gasteiger partial charge in [-0.2, -0.15) is 10.0 Å². The predicted molar refractivity (Wildman–Crippen MR) is 167 cm³/mol. The van der Waals surface area contributed by atoms with Crippen LogP contribution >= 0.6 is 0 Å². The maximum atomic E-state index is 12.5. The van der Waals surface area contributed by atoms with Crippen molar-refractivity contribution in [3.8, 4) is 11.5 Å². The molecule has 2 heterocycles. The van der Waals surface area contributed by atoms with Crippen LogP contribution in [0.5, 0.6) is 11.5 Å². The molecule has 0 aromatic heterocycles. The Balaban J connectivity index is 1.09. The normalized spacial score (nSPS) is 17.2. The van der Waals surface area contributed by atoms with Crippen molar-refractivity contribution >= 4 is 23.6 Å². The lowest BCUT2D eigenvalue weighted by Crippen LogP contribution is -2.26. The van der Waals surface area contributed by atoms with Gasteiger partial charge in [0.2, 0.25) is 36.1 Å². The summed E-state index contributed by atoms with van der Waals surface area (Å²) in [5.41, 5.74) is 2.93. The van der Waals surface area contributed by atoms with E-state index in [4.69, 9.17) is 18.9 Å². The Bertz CT molecular complexity index is 1600. The van der Waals surface area contributed by atoms with Gasteiger partial charge in [0.25, 0.3) is 0 Å². The molecule has 2 amide bonds. The monoisotopic (exact) mass is 604 g/mol. The van der Waals surface area contributed by atoms with E-state index in [1.807, 2.05) is 109 Å². The number of ether oxygens (including phenoxy) is 4. The summed E-state index contributed by atoms with van der Waals surface area (Å²) < 4.78 is 24.6. The molecule has 2 aliphatic rings. The molecule has 2 aliphatic heterocycles. The summed E-state index contributed by atoms with van der Waals surface area (Å²) in [5.74, 6) is 1.41. The number of nitrogens with zero attached hydrogens (tertiary/aromatic N) is 4. The fourth-order valence-electron chi connectivity index (χ4n) is 4.99. The number of carbonyl (C=O) groups is 2. The van der Waals surface area contributed by atoms with Gasteiger partial charge in [-0.25, -0.2) is 0 Å². The summed E-state index contributed by atoms with van der Waals surface area (Å²) in [6.07, 6.45) is -0.948. The molecule has 4 aromatic rings. The fraction of sp³-hybridized carbons (Fsp3) is 0.200. The van der Waals surface area contributed by atoms with Crippen LogP contribution in [-0.2, 0) is 19.1 Å². The van der Waals surface area contributed by atoms with E-state index >= 15 is 0 Å². The Labute approximate surface area is 261 Å². The first-order chi connectivity index (χ1) is 22.0. The van der Waals surface area contributed by atoms with E-state index in [0.29, 0.717) is 54.1 Å². The second-order valence-electron chi connectivity index (χ2n) is 10.3. The number of hydrogen-bond acceptors (Lipinski definition) is 8. The minimum atomic E-state index is -0.754. The predicted octanol–water partition coefficient (Wildman–Crippen LogP) is 6.01. The van der Waals surface area contributed by atoms with Gasteiger partial charge in [0.05, 0.1) is 24.3 Å². The second kappa shape index (κ2) is 13.3. The molecule has 45 heavy (non-hydrogen) atoms. The number of carbonyl (C=O) groups excluding carboxylic acids is 2. The summed E-state index contributed by atoms with van der Waals surface area (Å²) >= 11 is 0. The molecule has 0 N–H and O–H groups in total. The van der Waals surface area contributed by atoms with Crippen molar-refractivity contribution < 1.29 is 28.5 Å². The number of rotatable bonds is 10. The van der Waals surface area contributed by atoms with Gasteiger partial charge in [0.15, 0.2) is 0 Å². The Morgan fingerprint density at radius 3 is 1.38 bits per heavy atom. The van der Waals surface area contributed by atoms with Gasteiger partial charge >= 0.3 is 0 Å². The Morgan fingerprint density at radius 1 is 0.600 bits per heavy atom. The van der Waals surface area contributed by atoms with E-state index in [1.54, 1.807) is 0 Å². The first kappa shape index (κ1) is 29.4. The van der Waals surface area contributed by atoms with Crippen LogP contribution in [0.3, 0.4) is 0 Å². The van der Waals surface area contributed by atoms with Crippen LogP contribution in [0, 0.1) is 0 Å². The van der Waals surface area contributed by atoms with Gasteiger partial charge < -0.3 is 18.9 Å². The zero-order valence-corrected chi connectivity index (χ0v) is 24.9. The number of benzene rings is 4. The number of para-hydroxylation sites is 2. The molecule has 228 valence electrons. The minimum absolute atomic E-state index is 0.247. The average Bonchev–Trinajstić information content (AvgIpc) is 3.72. The van der Waals surface area contributed by atoms with Crippen LogP contribution in [-0.4, -0.2) is 46.8 Å². The Hall–Kier alpha value is -5.64. The van der Waals surface area contributed by atoms with Crippen molar-refractivity contribution in [2.24, 2.45) is 10.2 Å². The van der Waals surface area contributed by atoms with E-state index in [1.165, 1.54) is 23.9 Å². The van der Waals surface area contributed by atoms with Crippen molar-refractivity contribution in [2.75, 3.05) is 13.2 Å². The molecule has 0 aliphatic carbocycles. The van der Waals surface area contributed by atoms with Gasteiger partial charge in [0.1, 0.15) is 11.5 Å². The zero-order chi connectivity index (χ0) is 31.2. The largest absolute Gasteiger partial charge is 0.493 e. The molecule has 6 rings (SSSR count).